The molecule has 0 amide bonds. The molecule has 0 atom stereocenters. The van der Waals surface area contributed by atoms with Gasteiger partial charge in [0, 0.05) is 13.7 Å². The van der Waals surface area contributed by atoms with E-state index in [2.05, 4.69) is 10.3 Å². The average molecular weight is 258 g/mol. The number of aromatic nitrogens is 1. The van der Waals surface area contributed by atoms with Gasteiger partial charge in [0.15, 0.2) is 5.69 Å². The molecule has 0 bridgehead atoms. The van der Waals surface area contributed by atoms with Gasteiger partial charge in [-0.3, -0.25) is 0 Å². The second-order valence-corrected chi connectivity index (χ2v) is 4.92. The van der Waals surface area contributed by atoms with Crippen LogP contribution in [-0.2, 0) is 9.47 Å². The first-order valence-electron chi connectivity index (χ1n) is 5.40. The van der Waals surface area contributed by atoms with Gasteiger partial charge >= 0.3 is 5.97 Å². The van der Waals surface area contributed by atoms with Crippen LogP contribution in [0.4, 0.5) is 5.00 Å². The molecule has 0 aliphatic carbocycles. The van der Waals surface area contributed by atoms with Gasteiger partial charge in [-0.1, -0.05) is 0 Å². The largest absolute Gasteiger partial charge is 0.461 e. The van der Waals surface area contributed by atoms with Crippen LogP contribution in [0, 0.1) is 0 Å². The van der Waals surface area contributed by atoms with Gasteiger partial charge in [0.25, 0.3) is 0 Å². The number of carbonyl (C=O) groups excluding carboxylic acids is 1. The molecule has 1 rings (SSSR count). The van der Waals surface area contributed by atoms with Crippen LogP contribution in [0.5, 0.6) is 0 Å². The highest BCUT2D eigenvalue weighted by Gasteiger charge is 2.20. The number of rotatable bonds is 6. The molecule has 0 radical (unpaired) electrons. The zero-order valence-corrected chi connectivity index (χ0v) is 11.4. The number of methoxy groups -OCH3 is 1. The lowest BCUT2D eigenvalue weighted by Gasteiger charge is -2.23. The third-order valence-corrected chi connectivity index (χ3v) is 3.05. The van der Waals surface area contributed by atoms with Gasteiger partial charge in [-0.25, -0.2) is 9.78 Å². The number of esters is 1. The van der Waals surface area contributed by atoms with Crippen LogP contribution >= 0.6 is 11.3 Å². The second-order valence-electron chi connectivity index (χ2n) is 4.07. The SMILES string of the molecule is CCOC(=O)c1ncsc1NCC(C)(C)OC. The third kappa shape index (κ3) is 3.98. The Bertz CT molecular complexity index is 377. The molecule has 1 N–H and O–H groups in total. The van der Waals surface area contributed by atoms with Crippen LogP contribution in [0.3, 0.4) is 0 Å². The van der Waals surface area contributed by atoms with Crippen molar-refractivity contribution in [2.45, 2.75) is 26.4 Å². The van der Waals surface area contributed by atoms with Crippen molar-refractivity contribution in [3.05, 3.63) is 11.2 Å². The van der Waals surface area contributed by atoms with Crippen LogP contribution < -0.4 is 5.32 Å². The summed E-state index contributed by atoms with van der Waals surface area (Å²) in [6.07, 6.45) is 0. The van der Waals surface area contributed by atoms with Gasteiger partial charge < -0.3 is 14.8 Å². The average Bonchev–Trinajstić information content (AvgIpc) is 2.75. The van der Waals surface area contributed by atoms with E-state index in [-0.39, 0.29) is 5.60 Å². The number of hydrogen-bond donors (Lipinski definition) is 1. The first-order chi connectivity index (χ1) is 8.00. The number of nitrogens with zero attached hydrogens (tertiary/aromatic N) is 1. The lowest BCUT2D eigenvalue weighted by molar-refractivity contribution is 0.0343. The van der Waals surface area contributed by atoms with Gasteiger partial charge in [-0.2, -0.15) is 0 Å². The van der Waals surface area contributed by atoms with Gasteiger partial charge in [0.2, 0.25) is 0 Å². The molecule has 17 heavy (non-hydrogen) atoms. The predicted molar refractivity (Wildman–Crippen MR) is 67.6 cm³/mol. The maximum Gasteiger partial charge on any atom is 0.360 e. The molecule has 0 saturated heterocycles. The summed E-state index contributed by atoms with van der Waals surface area (Å²) in [7, 11) is 1.65. The fourth-order valence-electron chi connectivity index (χ4n) is 1.08. The number of hydrogen-bond acceptors (Lipinski definition) is 6. The highest BCUT2D eigenvalue weighted by molar-refractivity contribution is 7.14. The van der Waals surface area contributed by atoms with Crippen molar-refractivity contribution in [1.29, 1.82) is 0 Å². The molecular weight excluding hydrogens is 240 g/mol. The summed E-state index contributed by atoms with van der Waals surface area (Å²) in [5.41, 5.74) is 1.66. The third-order valence-electron chi connectivity index (χ3n) is 2.26. The van der Waals surface area contributed by atoms with Crippen molar-refractivity contribution in [2.24, 2.45) is 0 Å². The predicted octanol–water partition coefficient (Wildman–Crippen LogP) is 2.16. The van der Waals surface area contributed by atoms with Crippen molar-refractivity contribution >= 4 is 22.3 Å². The molecule has 1 aromatic heterocycles. The number of ether oxygens (including phenoxy) is 2. The monoisotopic (exact) mass is 258 g/mol. The van der Waals surface area contributed by atoms with Gasteiger partial charge in [0.1, 0.15) is 5.00 Å². The molecule has 1 aromatic rings. The Morgan fingerprint density at radius 3 is 2.88 bits per heavy atom. The van der Waals surface area contributed by atoms with E-state index in [1.54, 1.807) is 19.5 Å². The number of carbonyl (C=O) groups is 1. The van der Waals surface area contributed by atoms with E-state index in [9.17, 15) is 4.79 Å². The summed E-state index contributed by atoms with van der Waals surface area (Å²) in [5.74, 6) is -0.397. The molecule has 0 fully saturated rings. The Morgan fingerprint density at radius 2 is 2.29 bits per heavy atom. The van der Waals surface area contributed by atoms with Crippen molar-refractivity contribution in [3.63, 3.8) is 0 Å². The summed E-state index contributed by atoms with van der Waals surface area (Å²) in [6.45, 7) is 6.64. The fraction of sp³-hybridized carbons (Fsp3) is 0.636. The van der Waals surface area contributed by atoms with Gasteiger partial charge in [0.05, 0.1) is 17.7 Å². The lowest BCUT2D eigenvalue weighted by Crippen LogP contribution is -2.32. The van der Waals surface area contributed by atoms with E-state index >= 15 is 0 Å². The van der Waals surface area contributed by atoms with Crippen molar-refractivity contribution in [1.82, 2.24) is 4.98 Å². The Morgan fingerprint density at radius 1 is 1.59 bits per heavy atom. The first kappa shape index (κ1) is 13.9. The standard InChI is InChI=1S/C11H18N2O3S/c1-5-16-10(14)8-9(17-7-13-8)12-6-11(2,3)15-4/h7,12H,5-6H2,1-4H3. The zero-order valence-electron chi connectivity index (χ0n) is 10.6. The van der Waals surface area contributed by atoms with Crippen LogP contribution in [-0.4, -0.2) is 36.8 Å². The number of thiazole rings is 1. The van der Waals surface area contributed by atoms with Gasteiger partial charge in [-0.05, 0) is 20.8 Å². The molecule has 6 heteroatoms. The summed E-state index contributed by atoms with van der Waals surface area (Å²) in [6, 6.07) is 0. The van der Waals surface area contributed by atoms with E-state index in [1.165, 1.54) is 11.3 Å². The summed E-state index contributed by atoms with van der Waals surface area (Å²) < 4.78 is 10.2. The second kappa shape index (κ2) is 5.97. The smallest absolute Gasteiger partial charge is 0.360 e. The molecule has 96 valence electrons. The van der Waals surface area contributed by atoms with Crippen molar-refractivity contribution in [2.75, 3.05) is 25.6 Å². The van der Waals surface area contributed by atoms with Crippen LogP contribution in [0.1, 0.15) is 31.3 Å². The maximum atomic E-state index is 11.6. The highest BCUT2D eigenvalue weighted by Crippen LogP contribution is 2.22. The molecule has 0 saturated carbocycles. The number of anilines is 1. The Kier molecular flexibility index (Phi) is 4.89. The topological polar surface area (TPSA) is 60.5 Å². The quantitative estimate of drug-likeness (QED) is 0.792. The first-order valence-corrected chi connectivity index (χ1v) is 6.27. The lowest BCUT2D eigenvalue weighted by atomic mass is 10.1. The highest BCUT2D eigenvalue weighted by atomic mass is 32.1. The minimum atomic E-state index is -0.397. The molecule has 0 aliphatic heterocycles. The molecule has 0 aromatic carbocycles. The van der Waals surface area contributed by atoms with Crippen molar-refractivity contribution < 1.29 is 14.3 Å². The Balaban J connectivity index is 2.66. The summed E-state index contributed by atoms with van der Waals surface area (Å²) >= 11 is 1.38. The van der Waals surface area contributed by atoms with E-state index in [0.717, 1.165) is 0 Å². The van der Waals surface area contributed by atoms with E-state index in [4.69, 9.17) is 9.47 Å². The molecule has 0 unspecified atom stereocenters. The Hall–Kier alpha value is -1.14. The van der Waals surface area contributed by atoms with Crippen LogP contribution in [0.15, 0.2) is 5.51 Å². The summed E-state index contributed by atoms with van der Waals surface area (Å²) in [5, 5.41) is 3.87. The Labute approximate surface area is 105 Å². The fourth-order valence-corrected chi connectivity index (χ4v) is 1.75. The van der Waals surface area contributed by atoms with Crippen molar-refractivity contribution in [3.8, 4) is 0 Å². The van der Waals surface area contributed by atoms with Crippen LogP contribution in [0.25, 0.3) is 0 Å². The normalized spacial score (nSPS) is 11.3. The molecule has 1 heterocycles. The van der Waals surface area contributed by atoms with E-state index in [1.807, 2.05) is 13.8 Å². The minimum Gasteiger partial charge on any atom is -0.461 e. The molecule has 5 nitrogen and oxygen atoms in total. The molecular formula is C11H18N2O3S. The number of nitrogens with one attached hydrogen (secondary N) is 1. The maximum absolute atomic E-state index is 11.6. The summed E-state index contributed by atoms with van der Waals surface area (Å²) in [4.78, 5) is 15.6. The molecule has 0 spiro atoms. The van der Waals surface area contributed by atoms with Crippen LogP contribution in [0.2, 0.25) is 0 Å². The molecule has 0 aliphatic rings. The van der Waals surface area contributed by atoms with E-state index < -0.39 is 5.97 Å². The minimum absolute atomic E-state index is 0.296. The van der Waals surface area contributed by atoms with Gasteiger partial charge in [-0.15, -0.1) is 11.3 Å². The zero-order chi connectivity index (χ0) is 12.9. The van der Waals surface area contributed by atoms with E-state index in [0.29, 0.717) is 23.8 Å².